The fraction of sp³-hybridized carbons (Fsp3) is 0.231. The van der Waals surface area contributed by atoms with Crippen molar-refractivity contribution in [2.24, 2.45) is 0 Å². The van der Waals surface area contributed by atoms with Gasteiger partial charge in [-0.2, -0.15) is 5.10 Å². The first kappa shape index (κ1) is 19.1. The number of benzene rings is 2. The summed E-state index contributed by atoms with van der Waals surface area (Å²) in [4.78, 5) is 12.8. The van der Waals surface area contributed by atoms with Gasteiger partial charge in [-0.3, -0.25) is 10.1 Å². The molecule has 2 aromatic carbocycles. The van der Waals surface area contributed by atoms with Gasteiger partial charge in [0, 0.05) is 66.1 Å². The Labute approximate surface area is 186 Å². The van der Waals surface area contributed by atoms with Crippen molar-refractivity contribution < 1.29 is 0 Å². The molecule has 0 aliphatic carbocycles. The second-order valence-electron chi connectivity index (χ2n) is 8.73. The van der Waals surface area contributed by atoms with Crippen LogP contribution in [0.4, 0.5) is 5.69 Å². The van der Waals surface area contributed by atoms with Gasteiger partial charge >= 0.3 is 0 Å². The normalized spacial score (nSPS) is 15.1. The molecule has 5 aromatic rings. The number of hydrogen-bond donors (Lipinski definition) is 2. The summed E-state index contributed by atoms with van der Waals surface area (Å²) >= 11 is 0. The van der Waals surface area contributed by atoms with Crippen LogP contribution in [-0.4, -0.2) is 58.3 Å². The Balaban J connectivity index is 1.45. The summed E-state index contributed by atoms with van der Waals surface area (Å²) in [5.41, 5.74) is 8.97. The van der Waals surface area contributed by atoms with Gasteiger partial charge < -0.3 is 14.8 Å². The second kappa shape index (κ2) is 7.50. The molecule has 0 spiro atoms. The van der Waals surface area contributed by atoms with Gasteiger partial charge in [0.1, 0.15) is 5.69 Å². The molecule has 0 atom stereocenters. The van der Waals surface area contributed by atoms with Crippen LogP contribution in [-0.2, 0) is 0 Å². The molecule has 1 aliphatic rings. The van der Waals surface area contributed by atoms with Crippen LogP contribution in [0.25, 0.3) is 44.3 Å². The molecule has 1 fully saturated rings. The molecule has 32 heavy (non-hydrogen) atoms. The first-order valence-corrected chi connectivity index (χ1v) is 11.1. The van der Waals surface area contributed by atoms with Gasteiger partial charge in [0.25, 0.3) is 0 Å². The minimum absolute atomic E-state index is 0.948. The Bertz CT molecular complexity index is 1420. The fourth-order valence-corrected chi connectivity index (χ4v) is 4.74. The van der Waals surface area contributed by atoms with E-state index in [1.54, 1.807) is 0 Å². The maximum atomic E-state index is 4.68. The highest BCUT2D eigenvalue weighted by Crippen LogP contribution is 2.35. The average Bonchev–Trinajstić information content (AvgIpc) is 3.43. The number of nitrogens with one attached hydrogen (secondary N) is 2. The molecule has 2 N–H and O–H groups in total. The fourth-order valence-electron chi connectivity index (χ4n) is 4.74. The van der Waals surface area contributed by atoms with Crippen molar-refractivity contribution in [3.05, 3.63) is 66.5 Å². The summed E-state index contributed by atoms with van der Waals surface area (Å²) in [7, 11) is 2.19. The molecule has 0 bridgehead atoms. The van der Waals surface area contributed by atoms with Crippen molar-refractivity contribution in [2.75, 3.05) is 38.1 Å². The van der Waals surface area contributed by atoms with E-state index in [4.69, 9.17) is 0 Å². The Morgan fingerprint density at radius 2 is 1.78 bits per heavy atom. The van der Waals surface area contributed by atoms with Gasteiger partial charge in [0.2, 0.25) is 0 Å². The van der Waals surface area contributed by atoms with E-state index in [0.29, 0.717) is 0 Å². The van der Waals surface area contributed by atoms with Crippen molar-refractivity contribution in [2.45, 2.75) is 6.92 Å². The Hall–Kier alpha value is -3.64. The zero-order chi connectivity index (χ0) is 21.7. The predicted octanol–water partition coefficient (Wildman–Crippen LogP) is 4.83. The van der Waals surface area contributed by atoms with Crippen LogP contribution in [0.15, 0.2) is 60.9 Å². The standard InChI is InChI=1S/C26H26N6/c1-17-8-9-27-16-21(17)18-6-7-23-20(14-18)26(30-29-23)24-15-19-22(28-24)4-3-5-25(19)32-12-10-31(2)11-13-32/h3-9,14-16,28H,10-13H2,1-2H3,(H,29,30). The molecule has 4 heterocycles. The number of H-pyrrole nitrogens is 2. The van der Waals surface area contributed by atoms with Gasteiger partial charge in [0.05, 0.1) is 11.2 Å². The third kappa shape index (κ3) is 3.15. The number of hydrogen-bond acceptors (Lipinski definition) is 4. The molecule has 160 valence electrons. The monoisotopic (exact) mass is 422 g/mol. The number of pyridine rings is 1. The molecule has 0 amide bonds. The second-order valence-corrected chi connectivity index (χ2v) is 8.73. The van der Waals surface area contributed by atoms with E-state index >= 15 is 0 Å². The van der Waals surface area contributed by atoms with E-state index in [0.717, 1.165) is 65.1 Å². The summed E-state index contributed by atoms with van der Waals surface area (Å²) in [6.07, 6.45) is 3.77. The van der Waals surface area contributed by atoms with Gasteiger partial charge in [-0.25, -0.2) is 0 Å². The van der Waals surface area contributed by atoms with Crippen molar-refractivity contribution in [1.29, 1.82) is 0 Å². The summed E-state index contributed by atoms with van der Waals surface area (Å²) in [5.74, 6) is 0. The molecular weight excluding hydrogens is 396 g/mol. The number of aromatic nitrogens is 4. The molecule has 0 radical (unpaired) electrons. The lowest BCUT2D eigenvalue weighted by Gasteiger charge is -2.34. The van der Waals surface area contributed by atoms with Crippen molar-refractivity contribution in [3.8, 4) is 22.5 Å². The largest absolute Gasteiger partial charge is 0.368 e. The molecule has 0 saturated carbocycles. The van der Waals surface area contributed by atoms with Gasteiger partial charge in [-0.1, -0.05) is 12.1 Å². The van der Waals surface area contributed by atoms with Gasteiger partial charge in [-0.15, -0.1) is 0 Å². The number of aryl methyl sites for hydroxylation is 1. The predicted molar refractivity (Wildman–Crippen MR) is 131 cm³/mol. The van der Waals surface area contributed by atoms with E-state index in [1.165, 1.54) is 16.6 Å². The van der Waals surface area contributed by atoms with Crippen LogP contribution in [0.3, 0.4) is 0 Å². The van der Waals surface area contributed by atoms with E-state index < -0.39 is 0 Å². The summed E-state index contributed by atoms with van der Waals surface area (Å²) in [6.45, 7) is 6.40. The summed E-state index contributed by atoms with van der Waals surface area (Å²) < 4.78 is 0. The number of nitrogens with zero attached hydrogens (tertiary/aromatic N) is 4. The third-order valence-corrected chi connectivity index (χ3v) is 6.65. The Morgan fingerprint density at radius 3 is 2.62 bits per heavy atom. The maximum Gasteiger partial charge on any atom is 0.116 e. The molecule has 3 aromatic heterocycles. The quantitative estimate of drug-likeness (QED) is 0.437. The minimum atomic E-state index is 0.948. The zero-order valence-electron chi connectivity index (χ0n) is 18.4. The summed E-state index contributed by atoms with van der Waals surface area (Å²) in [6, 6.07) is 17.3. The lowest BCUT2D eigenvalue weighted by atomic mass is 10.0. The van der Waals surface area contributed by atoms with Crippen LogP contribution >= 0.6 is 0 Å². The first-order valence-electron chi connectivity index (χ1n) is 11.1. The lowest BCUT2D eigenvalue weighted by Crippen LogP contribution is -2.44. The topological polar surface area (TPSA) is 63.8 Å². The highest BCUT2D eigenvalue weighted by molar-refractivity contribution is 6.01. The van der Waals surface area contributed by atoms with Crippen molar-refractivity contribution in [3.63, 3.8) is 0 Å². The van der Waals surface area contributed by atoms with Crippen molar-refractivity contribution >= 4 is 27.5 Å². The van der Waals surface area contributed by atoms with E-state index in [9.17, 15) is 0 Å². The lowest BCUT2D eigenvalue weighted by molar-refractivity contribution is 0.313. The highest BCUT2D eigenvalue weighted by Gasteiger charge is 2.19. The molecule has 0 unspecified atom stereocenters. The van der Waals surface area contributed by atoms with Crippen LogP contribution in [0, 0.1) is 6.92 Å². The minimum Gasteiger partial charge on any atom is -0.368 e. The number of rotatable bonds is 3. The molecule has 6 nitrogen and oxygen atoms in total. The summed E-state index contributed by atoms with van der Waals surface area (Å²) in [5, 5.41) is 10.2. The van der Waals surface area contributed by atoms with Crippen LogP contribution in [0.2, 0.25) is 0 Å². The molecular formula is C26H26N6. The van der Waals surface area contributed by atoms with E-state index in [-0.39, 0.29) is 0 Å². The first-order chi connectivity index (χ1) is 15.7. The Kier molecular flexibility index (Phi) is 4.47. The Morgan fingerprint density at radius 1 is 0.906 bits per heavy atom. The number of fused-ring (bicyclic) bond motifs is 2. The molecule has 1 aliphatic heterocycles. The van der Waals surface area contributed by atoms with Crippen LogP contribution in [0.1, 0.15) is 5.56 Å². The van der Waals surface area contributed by atoms with Crippen LogP contribution in [0.5, 0.6) is 0 Å². The van der Waals surface area contributed by atoms with Crippen molar-refractivity contribution in [1.82, 2.24) is 25.1 Å². The van der Waals surface area contributed by atoms with E-state index in [1.807, 2.05) is 18.5 Å². The van der Waals surface area contributed by atoms with Crippen LogP contribution < -0.4 is 4.90 Å². The molecule has 6 rings (SSSR count). The highest BCUT2D eigenvalue weighted by atomic mass is 15.2. The zero-order valence-corrected chi connectivity index (χ0v) is 18.4. The number of anilines is 1. The van der Waals surface area contributed by atoms with E-state index in [2.05, 4.69) is 86.4 Å². The van der Waals surface area contributed by atoms with Gasteiger partial charge in [0.15, 0.2) is 0 Å². The average molecular weight is 423 g/mol. The molecule has 6 heteroatoms. The molecule has 1 saturated heterocycles. The third-order valence-electron chi connectivity index (χ3n) is 6.65. The maximum absolute atomic E-state index is 4.68. The number of aromatic amines is 2. The number of piperazine rings is 1. The SMILES string of the molecule is Cc1ccncc1-c1ccc2[nH]nc(-c3cc4c(N5CCN(C)CC5)cccc4[nH]3)c2c1. The smallest absolute Gasteiger partial charge is 0.116 e. The van der Waals surface area contributed by atoms with Gasteiger partial charge in [-0.05, 0) is 61.5 Å². The number of likely N-dealkylation sites (N-methyl/N-ethyl adjacent to an activating group) is 1.